The maximum absolute atomic E-state index is 12.7. The fourth-order valence-corrected chi connectivity index (χ4v) is 2.93. The summed E-state index contributed by atoms with van der Waals surface area (Å²) in [5, 5.41) is 0. The molecule has 0 bridgehead atoms. The lowest BCUT2D eigenvalue weighted by molar-refractivity contribution is 0.0407. The van der Waals surface area contributed by atoms with Gasteiger partial charge in [-0.1, -0.05) is 26.0 Å². The summed E-state index contributed by atoms with van der Waals surface area (Å²) in [4.78, 5) is 17.0. The van der Waals surface area contributed by atoms with E-state index in [0.29, 0.717) is 12.5 Å². The van der Waals surface area contributed by atoms with E-state index in [4.69, 9.17) is 9.47 Å². The Labute approximate surface area is 158 Å². The van der Waals surface area contributed by atoms with Crippen LogP contribution in [0.15, 0.2) is 24.3 Å². The minimum atomic E-state index is 0.123. The number of rotatable bonds is 9. The van der Waals surface area contributed by atoms with E-state index in [0.717, 1.165) is 57.1 Å². The molecule has 1 saturated heterocycles. The molecule has 26 heavy (non-hydrogen) atoms. The van der Waals surface area contributed by atoms with Crippen molar-refractivity contribution >= 4 is 5.91 Å². The SMILES string of the molecule is CC(C)COCc1ccc(C(=O)N2CCN(CCOC(C)C)CC2)cc1. The predicted molar refractivity (Wildman–Crippen MR) is 104 cm³/mol. The van der Waals surface area contributed by atoms with Crippen LogP contribution in [0, 0.1) is 5.92 Å². The molecule has 1 fully saturated rings. The van der Waals surface area contributed by atoms with Crippen molar-refractivity contribution < 1.29 is 14.3 Å². The summed E-state index contributed by atoms with van der Waals surface area (Å²) in [6, 6.07) is 7.82. The maximum atomic E-state index is 12.7. The molecular weight excluding hydrogens is 328 g/mol. The van der Waals surface area contributed by atoms with E-state index >= 15 is 0 Å². The second-order valence-electron chi connectivity index (χ2n) is 7.66. The van der Waals surface area contributed by atoms with Gasteiger partial charge in [-0.25, -0.2) is 0 Å². The normalized spacial score (nSPS) is 15.8. The summed E-state index contributed by atoms with van der Waals surface area (Å²) in [6.45, 7) is 14.8. The lowest BCUT2D eigenvalue weighted by Crippen LogP contribution is -2.49. The van der Waals surface area contributed by atoms with Crippen LogP contribution in [0.5, 0.6) is 0 Å². The van der Waals surface area contributed by atoms with Crippen molar-refractivity contribution in [3.05, 3.63) is 35.4 Å². The molecule has 0 saturated carbocycles. The van der Waals surface area contributed by atoms with Crippen molar-refractivity contribution in [2.24, 2.45) is 5.92 Å². The van der Waals surface area contributed by atoms with Gasteiger partial charge in [0.2, 0.25) is 0 Å². The van der Waals surface area contributed by atoms with Gasteiger partial charge in [-0.05, 0) is 37.5 Å². The largest absolute Gasteiger partial charge is 0.377 e. The van der Waals surface area contributed by atoms with Gasteiger partial charge in [0, 0.05) is 44.9 Å². The standard InChI is InChI=1S/C21H34N2O3/c1-17(2)15-25-16-19-5-7-20(8-6-19)21(24)23-11-9-22(10-12-23)13-14-26-18(3)4/h5-8,17-18H,9-16H2,1-4H3. The van der Waals surface area contributed by atoms with Gasteiger partial charge < -0.3 is 14.4 Å². The number of benzene rings is 1. The maximum Gasteiger partial charge on any atom is 0.253 e. The highest BCUT2D eigenvalue weighted by Gasteiger charge is 2.21. The molecule has 0 spiro atoms. The van der Waals surface area contributed by atoms with E-state index in [1.807, 2.05) is 29.2 Å². The topological polar surface area (TPSA) is 42.0 Å². The number of hydrogen-bond donors (Lipinski definition) is 0. The Morgan fingerprint density at radius 1 is 1.04 bits per heavy atom. The molecule has 5 nitrogen and oxygen atoms in total. The van der Waals surface area contributed by atoms with Gasteiger partial charge in [0.15, 0.2) is 0 Å². The van der Waals surface area contributed by atoms with Crippen LogP contribution in [-0.2, 0) is 16.1 Å². The minimum absolute atomic E-state index is 0.123. The zero-order chi connectivity index (χ0) is 18.9. The molecule has 0 radical (unpaired) electrons. The first-order chi connectivity index (χ1) is 12.5. The van der Waals surface area contributed by atoms with Crippen molar-refractivity contribution in [3.8, 4) is 0 Å². The summed E-state index contributed by atoms with van der Waals surface area (Å²) in [6.07, 6.45) is 0.275. The highest BCUT2D eigenvalue weighted by atomic mass is 16.5. The molecule has 1 aromatic carbocycles. The van der Waals surface area contributed by atoms with E-state index in [9.17, 15) is 4.79 Å². The fourth-order valence-electron chi connectivity index (χ4n) is 2.93. The van der Waals surface area contributed by atoms with Crippen LogP contribution in [0.4, 0.5) is 0 Å². The second-order valence-corrected chi connectivity index (χ2v) is 7.66. The summed E-state index contributed by atoms with van der Waals surface area (Å²) in [5.41, 5.74) is 1.87. The zero-order valence-corrected chi connectivity index (χ0v) is 16.7. The summed E-state index contributed by atoms with van der Waals surface area (Å²) in [5.74, 6) is 0.657. The van der Waals surface area contributed by atoms with Crippen LogP contribution in [0.25, 0.3) is 0 Å². The van der Waals surface area contributed by atoms with E-state index in [2.05, 4.69) is 32.6 Å². The minimum Gasteiger partial charge on any atom is -0.377 e. The third-order valence-corrected chi connectivity index (χ3v) is 4.44. The lowest BCUT2D eigenvalue weighted by Gasteiger charge is -2.34. The first-order valence-electron chi connectivity index (χ1n) is 9.75. The van der Waals surface area contributed by atoms with E-state index in [1.165, 1.54) is 0 Å². The van der Waals surface area contributed by atoms with Gasteiger partial charge in [0.25, 0.3) is 5.91 Å². The highest BCUT2D eigenvalue weighted by molar-refractivity contribution is 5.94. The average Bonchev–Trinajstić information content (AvgIpc) is 2.62. The van der Waals surface area contributed by atoms with Gasteiger partial charge in [-0.15, -0.1) is 0 Å². The molecule has 1 aliphatic heterocycles. The number of piperazine rings is 1. The van der Waals surface area contributed by atoms with Crippen molar-refractivity contribution in [3.63, 3.8) is 0 Å². The summed E-state index contributed by atoms with van der Waals surface area (Å²) in [7, 11) is 0. The quantitative estimate of drug-likeness (QED) is 0.677. The van der Waals surface area contributed by atoms with Crippen LogP contribution in [0.2, 0.25) is 0 Å². The van der Waals surface area contributed by atoms with Gasteiger partial charge >= 0.3 is 0 Å². The molecule has 2 rings (SSSR count). The van der Waals surface area contributed by atoms with Crippen molar-refractivity contribution in [1.29, 1.82) is 0 Å². The van der Waals surface area contributed by atoms with Crippen LogP contribution < -0.4 is 0 Å². The molecule has 1 heterocycles. The molecule has 1 amide bonds. The van der Waals surface area contributed by atoms with Crippen LogP contribution in [0.1, 0.15) is 43.6 Å². The highest BCUT2D eigenvalue weighted by Crippen LogP contribution is 2.11. The molecule has 0 N–H and O–H groups in total. The predicted octanol–water partition coefficient (Wildman–Crippen LogP) is 3.04. The number of ether oxygens (including phenoxy) is 2. The molecule has 146 valence electrons. The Morgan fingerprint density at radius 2 is 1.69 bits per heavy atom. The van der Waals surface area contributed by atoms with Gasteiger partial charge in [-0.3, -0.25) is 9.69 Å². The Morgan fingerprint density at radius 3 is 2.27 bits per heavy atom. The molecule has 1 aliphatic rings. The molecule has 0 unspecified atom stereocenters. The van der Waals surface area contributed by atoms with E-state index in [1.54, 1.807) is 0 Å². The van der Waals surface area contributed by atoms with Crippen molar-refractivity contribution in [2.75, 3.05) is 45.9 Å². The van der Waals surface area contributed by atoms with Crippen LogP contribution >= 0.6 is 0 Å². The average molecular weight is 363 g/mol. The third-order valence-electron chi connectivity index (χ3n) is 4.44. The molecule has 1 aromatic rings. The van der Waals surface area contributed by atoms with Crippen molar-refractivity contribution in [1.82, 2.24) is 9.80 Å². The number of hydrogen-bond acceptors (Lipinski definition) is 4. The number of carbonyl (C=O) groups is 1. The van der Waals surface area contributed by atoms with Gasteiger partial charge in [-0.2, -0.15) is 0 Å². The smallest absolute Gasteiger partial charge is 0.253 e. The lowest BCUT2D eigenvalue weighted by atomic mass is 10.1. The first kappa shape index (κ1) is 20.9. The second kappa shape index (κ2) is 10.7. The molecule has 0 aromatic heterocycles. The third kappa shape index (κ3) is 7.06. The first-order valence-corrected chi connectivity index (χ1v) is 9.75. The molecule has 0 aliphatic carbocycles. The molecular formula is C21H34N2O3. The Hall–Kier alpha value is -1.43. The number of nitrogens with zero attached hydrogens (tertiary/aromatic N) is 2. The van der Waals surface area contributed by atoms with Crippen molar-refractivity contribution in [2.45, 2.75) is 40.4 Å². The number of carbonyl (C=O) groups excluding carboxylic acids is 1. The van der Waals surface area contributed by atoms with Crippen LogP contribution in [0.3, 0.4) is 0 Å². The van der Waals surface area contributed by atoms with E-state index < -0.39 is 0 Å². The Bertz CT molecular complexity index is 535. The monoisotopic (exact) mass is 362 g/mol. The fraction of sp³-hybridized carbons (Fsp3) is 0.667. The van der Waals surface area contributed by atoms with Gasteiger partial charge in [0.05, 0.1) is 19.3 Å². The molecule has 5 heteroatoms. The zero-order valence-electron chi connectivity index (χ0n) is 16.7. The van der Waals surface area contributed by atoms with E-state index in [-0.39, 0.29) is 12.0 Å². The van der Waals surface area contributed by atoms with Gasteiger partial charge in [0.1, 0.15) is 0 Å². The summed E-state index contributed by atoms with van der Waals surface area (Å²) >= 11 is 0. The Kier molecular flexibility index (Phi) is 8.55. The van der Waals surface area contributed by atoms with Crippen LogP contribution in [-0.4, -0.2) is 67.7 Å². The molecule has 0 atom stereocenters. The number of amides is 1. The summed E-state index contributed by atoms with van der Waals surface area (Å²) < 4.78 is 11.3. The Balaban J connectivity index is 1.75.